The molecule has 2 heteroatoms. The fourth-order valence-electron chi connectivity index (χ4n) is 4.34. The number of allylic oxidation sites excluding steroid dienone is 3. The van der Waals surface area contributed by atoms with Gasteiger partial charge in [0, 0.05) is 6.08 Å². The molecule has 1 aliphatic rings. The van der Waals surface area contributed by atoms with E-state index >= 15 is 0 Å². The van der Waals surface area contributed by atoms with Gasteiger partial charge in [-0.1, -0.05) is 87.9 Å². The molecule has 1 aromatic carbocycles. The molecule has 0 radical (unpaired) electrons. The molecule has 0 spiro atoms. The number of hydrogen-bond donors (Lipinski definition) is 1. The van der Waals surface area contributed by atoms with E-state index < -0.39 is 5.97 Å². The van der Waals surface area contributed by atoms with Crippen LogP contribution in [-0.4, -0.2) is 11.1 Å². The lowest BCUT2D eigenvalue weighted by Gasteiger charge is -2.29. The Labute approximate surface area is 171 Å². The van der Waals surface area contributed by atoms with E-state index in [0.717, 1.165) is 30.8 Å². The molecule has 2 rings (SSSR count). The summed E-state index contributed by atoms with van der Waals surface area (Å²) >= 11 is 0. The summed E-state index contributed by atoms with van der Waals surface area (Å²) in [7, 11) is 0. The van der Waals surface area contributed by atoms with Crippen molar-refractivity contribution in [2.45, 2.75) is 89.9 Å². The van der Waals surface area contributed by atoms with Gasteiger partial charge in [-0.25, -0.2) is 4.79 Å². The zero-order valence-corrected chi connectivity index (χ0v) is 17.6. The van der Waals surface area contributed by atoms with Gasteiger partial charge < -0.3 is 5.11 Å². The average molecular weight is 383 g/mol. The summed E-state index contributed by atoms with van der Waals surface area (Å²) in [5.41, 5.74) is 2.88. The molecule has 0 amide bonds. The first kappa shape index (κ1) is 22.5. The summed E-state index contributed by atoms with van der Waals surface area (Å²) in [5, 5.41) is 8.54. The van der Waals surface area contributed by atoms with Gasteiger partial charge in [0.25, 0.3) is 0 Å². The van der Waals surface area contributed by atoms with Crippen molar-refractivity contribution < 1.29 is 9.90 Å². The van der Waals surface area contributed by atoms with Crippen LogP contribution in [0, 0.1) is 5.92 Å². The van der Waals surface area contributed by atoms with Gasteiger partial charge in [0.05, 0.1) is 0 Å². The van der Waals surface area contributed by atoms with Crippen LogP contribution < -0.4 is 0 Å². The van der Waals surface area contributed by atoms with E-state index in [1.54, 1.807) is 6.08 Å². The van der Waals surface area contributed by atoms with Gasteiger partial charge in [0.1, 0.15) is 0 Å². The lowest BCUT2D eigenvalue weighted by Crippen LogP contribution is -2.13. The Morgan fingerprint density at radius 1 is 1.00 bits per heavy atom. The summed E-state index contributed by atoms with van der Waals surface area (Å²) in [6, 6.07) is 9.21. The zero-order valence-electron chi connectivity index (χ0n) is 17.6. The second-order valence-corrected chi connectivity index (χ2v) is 8.33. The van der Waals surface area contributed by atoms with Crippen molar-refractivity contribution in [1.29, 1.82) is 0 Å². The fraction of sp³-hybridized carbons (Fsp3) is 0.577. The minimum absolute atomic E-state index is 0.756. The summed E-state index contributed by atoms with van der Waals surface area (Å²) < 4.78 is 0. The molecule has 1 saturated carbocycles. The first-order valence-electron chi connectivity index (χ1n) is 11.3. The highest BCUT2D eigenvalue weighted by Crippen LogP contribution is 2.37. The number of aliphatic carboxylic acids is 1. The number of carboxylic acids is 1. The predicted molar refractivity (Wildman–Crippen MR) is 119 cm³/mol. The van der Waals surface area contributed by atoms with Crippen molar-refractivity contribution in [3.63, 3.8) is 0 Å². The topological polar surface area (TPSA) is 37.3 Å². The van der Waals surface area contributed by atoms with Crippen LogP contribution in [0.2, 0.25) is 0 Å². The van der Waals surface area contributed by atoms with E-state index in [1.165, 1.54) is 75.3 Å². The van der Waals surface area contributed by atoms with E-state index in [-0.39, 0.29) is 0 Å². The van der Waals surface area contributed by atoms with Gasteiger partial charge in [-0.05, 0) is 61.5 Å². The molecule has 0 saturated heterocycles. The molecule has 28 heavy (non-hydrogen) atoms. The van der Waals surface area contributed by atoms with Gasteiger partial charge in [-0.2, -0.15) is 0 Å². The highest BCUT2D eigenvalue weighted by molar-refractivity contribution is 5.80. The minimum atomic E-state index is -0.902. The molecule has 0 aromatic heterocycles. The van der Waals surface area contributed by atoms with Crippen molar-refractivity contribution in [2.24, 2.45) is 5.92 Å². The van der Waals surface area contributed by atoms with E-state index in [4.69, 9.17) is 5.11 Å². The van der Waals surface area contributed by atoms with Gasteiger partial charge in [0.15, 0.2) is 0 Å². The maximum Gasteiger partial charge on any atom is 0.328 e. The van der Waals surface area contributed by atoms with Crippen LogP contribution in [0.3, 0.4) is 0 Å². The third kappa shape index (κ3) is 8.91. The van der Waals surface area contributed by atoms with Crippen LogP contribution in [0.15, 0.2) is 48.6 Å². The van der Waals surface area contributed by atoms with Crippen LogP contribution in [0.4, 0.5) is 0 Å². The number of aryl methyl sites for hydroxylation is 1. The highest BCUT2D eigenvalue weighted by atomic mass is 16.4. The van der Waals surface area contributed by atoms with Crippen LogP contribution in [-0.2, 0) is 11.2 Å². The van der Waals surface area contributed by atoms with E-state index in [2.05, 4.69) is 31.2 Å². The van der Waals surface area contributed by atoms with E-state index in [0.29, 0.717) is 0 Å². The molecule has 0 aliphatic heterocycles. The maximum absolute atomic E-state index is 10.4. The highest BCUT2D eigenvalue weighted by Gasteiger charge is 2.21. The summed E-state index contributed by atoms with van der Waals surface area (Å²) in [6.07, 6.45) is 22.5. The summed E-state index contributed by atoms with van der Waals surface area (Å²) in [4.78, 5) is 10.4. The van der Waals surface area contributed by atoms with Gasteiger partial charge in [-0.15, -0.1) is 0 Å². The van der Waals surface area contributed by atoms with Crippen LogP contribution in [0.25, 0.3) is 0 Å². The van der Waals surface area contributed by atoms with Crippen molar-refractivity contribution in [3.05, 3.63) is 59.7 Å². The predicted octanol–water partition coefficient (Wildman–Crippen LogP) is 7.45. The number of hydrogen-bond acceptors (Lipinski definition) is 1. The summed E-state index contributed by atoms with van der Waals surface area (Å²) in [6.45, 7) is 2.29. The van der Waals surface area contributed by atoms with Gasteiger partial charge in [0.2, 0.25) is 0 Å². The Morgan fingerprint density at radius 2 is 1.71 bits per heavy atom. The number of carbonyl (C=O) groups is 1. The second-order valence-electron chi connectivity index (χ2n) is 8.33. The molecule has 1 aromatic rings. The van der Waals surface area contributed by atoms with Crippen molar-refractivity contribution >= 4 is 5.97 Å². The first-order valence-corrected chi connectivity index (χ1v) is 11.3. The quantitative estimate of drug-likeness (QED) is 0.231. The Morgan fingerprint density at radius 3 is 2.39 bits per heavy atom. The lowest BCUT2D eigenvalue weighted by atomic mass is 9.77. The number of rotatable bonds is 12. The molecular formula is C26H38O2. The monoisotopic (exact) mass is 382 g/mol. The van der Waals surface area contributed by atoms with Crippen LogP contribution in [0.1, 0.15) is 94.6 Å². The molecule has 1 fully saturated rings. The Kier molecular flexibility index (Phi) is 10.7. The average Bonchev–Trinajstić information content (AvgIpc) is 2.71. The Bertz CT molecular complexity index is 604. The smallest absolute Gasteiger partial charge is 0.328 e. The van der Waals surface area contributed by atoms with Crippen molar-refractivity contribution in [3.8, 4) is 0 Å². The molecular weight excluding hydrogens is 344 g/mol. The molecule has 1 N–H and O–H groups in total. The van der Waals surface area contributed by atoms with Crippen LogP contribution in [0.5, 0.6) is 0 Å². The zero-order chi connectivity index (χ0) is 20.0. The molecule has 0 bridgehead atoms. The Balaban J connectivity index is 1.66. The lowest BCUT2D eigenvalue weighted by molar-refractivity contribution is -0.131. The normalized spacial score (nSPS) is 20.2. The molecule has 0 atom stereocenters. The SMILES string of the molecule is CCCCCCCC1CCC(c2ccc(CCC=CC=CC(=O)O)cc2)CC1. The number of unbranched alkanes of at least 4 members (excludes halogenated alkanes) is 4. The molecule has 0 heterocycles. The summed E-state index contributed by atoms with van der Waals surface area (Å²) in [5.74, 6) is 0.826. The van der Waals surface area contributed by atoms with Crippen molar-refractivity contribution in [1.82, 2.24) is 0 Å². The van der Waals surface area contributed by atoms with Crippen LogP contribution >= 0.6 is 0 Å². The Hall–Kier alpha value is -1.83. The molecule has 154 valence electrons. The molecule has 0 unspecified atom stereocenters. The van der Waals surface area contributed by atoms with Gasteiger partial charge >= 0.3 is 5.97 Å². The maximum atomic E-state index is 10.4. The first-order chi connectivity index (χ1) is 13.7. The fourth-order valence-corrected chi connectivity index (χ4v) is 4.34. The second kappa shape index (κ2) is 13.4. The number of benzene rings is 1. The van der Waals surface area contributed by atoms with Gasteiger partial charge in [-0.3, -0.25) is 0 Å². The third-order valence-corrected chi connectivity index (χ3v) is 6.10. The third-order valence-electron chi connectivity index (χ3n) is 6.10. The van der Waals surface area contributed by atoms with E-state index in [1.807, 2.05) is 12.2 Å². The van der Waals surface area contributed by atoms with Crippen molar-refractivity contribution in [2.75, 3.05) is 0 Å². The largest absolute Gasteiger partial charge is 0.478 e. The van der Waals surface area contributed by atoms with E-state index in [9.17, 15) is 4.79 Å². The minimum Gasteiger partial charge on any atom is -0.478 e. The molecule has 1 aliphatic carbocycles. The standard InChI is InChI=1S/C26H38O2/c1-2-3-4-5-8-11-22-14-18-24(19-15-22)25-20-16-23(17-21-25)12-9-6-7-10-13-26(27)28/h6-7,10,13,16-17,20-22,24H,2-5,8-9,11-12,14-15,18-19H2,1H3,(H,27,28). The molecule has 2 nitrogen and oxygen atoms in total. The number of carboxylic acid groups (broad SMARTS) is 1.